The second kappa shape index (κ2) is 10.3. The van der Waals surface area contributed by atoms with E-state index in [1.54, 1.807) is 64.1 Å². The van der Waals surface area contributed by atoms with Crippen molar-refractivity contribution in [2.45, 2.75) is 33.2 Å². The molecule has 1 atom stereocenters. The second-order valence-corrected chi connectivity index (χ2v) is 9.97. The Kier molecular flexibility index (Phi) is 7.21. The maximum atomic E-state index is 15.6. The number of pyridine rings is 1. The Balaban J connectivity index is 2.23. The van der Waals surface area contributed by atoms with Crippen LogP contribution in [0.3, 0.4) is 0 Å². The number of hydrogen-bond acceptors (Lipinski definition) is 5. The molecule has 4 aromatic rings. The molecule has 3 aromatic carbocycles. The van der Waals surface area contributed by atoms with Crippen molar-refractivity contribution in [2.75, 3.05) is 7.11 Å². The van der Waals surface area contributed by atoms with Crippen LogP contribution in [0.4, 0.5) is 19.7 Å². The zero-order valence-electron chi connectivity index (χ0n) is 22.3. The summed E-state index contributed by atoms with van der Waals surface area (Å²) in [7, 11) is 1.03. The number of quaternary nitrogens is 1. The van der Waals surface area contributed by atoms with E-state index >= 15 is 9.18 Å². The molecule has 200 valence electrons. The summed E-state index contributed by atoms with van der Waals surface area (Å²) in [5.41, 5.74) is 0.453. The highest BCUT2D eigenvalue weighted by Crippen LogP contribution is 2.42. The van der Waals surface area contributed by atoms with Gasteiger partial charge in [-0.15, -0.1) is 4.59 Å². The van der Waals surface area contributed by atoms with Crippen molar-refractivity contribution in [2.24, 2.45) is 0 Å². The summed E-state index contributed by atoms with van der Waals surface area (Å²) < 4.78 is 19.3. The van der Waals surface area contributed by atoms with Gasteiger partial charge in [0.1, 0.15) is 11.4 Å². The summed E-state index contributed by atoms with van der Waals surface area (Å²) in [6.07, 6.45) is -2.98. The molecule has 1 N–H and O–H groups in total. The quantitative estimate of drug-likeness (QED) is 0.227. The van der Waals surface area contributed by atoms with E-state index in [1.807, 2.05) is 30.3 Å². The minimum atomic E-state index is -1.71. The number of para-hydroxylation sites is 1. The molecule has 1 aromatic heterocycles. The lowest BCUT2D eigenvalue weighted by atomic mass is 9.93. The number of fused-ring (bicyclic) bond motifs is 1. The van der Waals surface area contributed by atoms with Gasteiger partial charge in [0, 0.05) is 17.7 Å². The number of rotatable bonds is 3. The minimum absolute atomic E-state index is 0.0717. The molecule has 0 aliphatic heterocycles. The number of amides is 3. The smallest absolute Gasteiger partial charge is 0.461 e. The first-order valence-corrected chi connectivity index (χ1v) is 12.2. The predicted molar refractivity (Wildman–Crippen MR) is 146 cm³/mol. The van der Waals surface area contributed by atoms with Gasteiger partial charge in [0.25, 0.3) is 0 Å². The van der Waals surface area contributed by atoms with Gasteiger partial charge >= 0.3 is 18.1 Å². The molecule has 0 aliphatic rings. The van der Waals surface area contributed by atoms with Crippen LogP contribution in [0.1, 0.15) is 36.7 Å². The van der Waals surface area contributed by atoms with E-state index in [0.717, 1.165) is 7.11 Å². The number of carbonyl (C=O) groups is 3. The molecule has 3 amide bonds. The first-order chi connectivity index (χ1) is 18.5. The average molecular weight is 531 g/mol. The highest BCUT2D eigenvalue weighted by Gasteiger charge is 2.61. The summed E-state index contributed by atoms with van der Waals surface area (Å²) in [6.45, 7) is 6.53. The molecule has 0 saturated heterocycles. The van der Waals surface area contributed by atoms with Gasteiger partial charge in [-0.1, -0.05) is 54.6 Å². The molecule has 8 nitrogen and oxygen atoms in total. The zero-order chi connectivity index (χ0) is 28.5. The Morgan fingerprint density at radius 2 is 1.51 bits per heavy atom. The highest BCUT2D eigenvalue weighted by atomic mass is 19.1. The summed E-state index contributed by atoms with van der Waals surface area (Å²) in [4.78, 5) is 45.7. The Labute approximate surface area is 225 Å². The molecule has 4 rings (SSSR count). The number of benzene rings is 3. The maximum Gasteiger partial charge on any atom is 0.466 e. The van der Waals surface area contributed by atoms with Gasteiger partial charge in [-0.25, -0.2) is 23.8 Å². The number of aromatic nitrogens is 1. The van der Waals surface area contributed by atoms with Crippen molar-refractivity contribution in [3.8, 4) is 11.3 Å². The molecular weight excluding hydrogens is 501 g/mol. The van der Waals surface area contributed by atoms with Crippen LogP contribution in [0.25, 0.3) is 22.2 Å². The first kappa shape index (κ1) is 27.4. The number of imide groups is 1. The normalized spacial score (nSPS) is 13.0. The lowest BCUT2D eigenvalue weighted by molar-refractivity contribution is -0.0330. The Bertz CT molecular complexity index is 1570. The van der Waals surface area contributed by atoms with Gasteiger partial charge in [0.2, 0.25) is 0 Å². The molecule has 0 saturated carbocycles. The van der Waals surface area contributed by atoms with Crippen molar-refractivity contribution in [3.63, 3.8) is 0 Å². The van der Waals surface area contributed by atoms with Crippen molar-refractivity contribution in [3.05, 3.63) is 95.8 Å². The van der Waals surface area contributed by atoms with Gasteiger partial charge in [-0.3, -0.25) is 0 Å². The van der Waals surface area contributed by atoms with E-state index in [4.69, 9.17) is 4.74 Å². The van der Waals surface area contributed by atoms with Gasteiger partial charge < -0.3 is 9.84 Å². The molecule has 39 heavy (non-hydrogen) atoms. The number of ether oxygens (including phenoxy) is 1. The van der Waals surface area contributed by atoms with Crippen LogP contribution in [0.15, 0.2) is 78.9 Å². The molecule has 0 aliphatic carbocycles. The molecule has 0 fully saturated rings. The van der Waals surface area contributed by atoms with E-state index in [9.17, 15) is 14.7 Å². The SMILES string of the molecule is COC(=O)N(C(=O)O)[N+](C(=O)c1c(C)c(-c2ccccc2)nc2cccc(F)c12)(c1ccccc1)C(C)(C)C. The summed E-state index contributed by atoms with van der Waals surface area (Å²) >= 11 is 0. The predicted octanol–water partition coefficient (Wildman–Crippen LogP) is 6.96. The van der Waals surface area contributed by atoms with Gasteiger partial charge in [0.05, 0.1) is 29.3 Å². The topological polar surface area (TPSA) is 96.8 Å². The Morgan fingerprint density at radius 1 is 0.923 bits per heavy atom. The Morgan fingerprint density at radius 3 is 2.05 bits per heavy atom. The van der Waals surface area contributed by atoms with E-state index in [-0.39, 0.29) is 22.2 Å². The average Bonchev–Trinajstić information content (AvgIpc) is 2.91. The van der Waals surface area contributed by atoms with E-state index < -0.39 is 34.0 Å². The van der Waals surface area contributed by atoms with E-state index in [1.165, 1.54) is 12.1 Å². The summed E-state index contributed by atoms with van der Waals surface area (Å²) in [5.74, 6) is -1.54. The number of carboxylic acid groups (broad SMARTS) is 1. The van der Waals surface area contributed by atoms with Crippen LogP contribution >= 0.6 is 0 Å². The summed E-state index contributed by atoms with van der Waals surface area (Å²) in [6, 6.07) is 21.5. The monoisotopic (exact) mass is 530 g/mol. The highest BCUT2D eigenvalue weighted by molar-refractivity contribution is 6.15. The number of halogens is 1. The molecule has 0 radical (unpaired) electrons. The molecule has 1 unspecified atom stereocenters. The van der Waals surface area contributed by atoms with Crippen LogP contribution in [0.5, 0.6) is 0 Å². The third-order valence-electron chi connectivity index (χ3n) is 6.69. The Hall–Kier alpha value is -4.63. The van der Waals surface area contributed by atoms with Crippen molar-refractivity contribution < 1.29 is 28.6 Å². The van der Waals surface area contributed by atoms with Crippen LogP contribution in [-0.4, -0.2) is 45.8 Å². The van der Waals surface area contributed by atoms with Crippen molar-refractivity contribution in [1.29, 1.82) is 0 Å². The fourth-order valence-electron chi connectivity index (χ4n) is 5.04. The van der Waals surface area contributed by atoms with Gasteiger partial charge in [-0.2, -0.15) is 0 Å². The minimum Gasteiger partial charge on any atom is -0.461 e. The summed E-state index contributed by atoms with van der Waals surface area (Å²) in [5, 5.41) is 10.7. The molecular formula is C30H29FN3O5+. The second-order valence-electron chi connectivity index (χ2n) is 9.97. The lowest BCUT2D eigenvalue weighted by Crippen LogP contribution is -2.76. The first-order valence-electron chi connectivity index (χ1n) is 12.2. The molecule has 9 heteroatoms. The molecule has 0 bridgehead atoms. The van der Waals surface area contributed by atoms with Crippen LogP contribution in [0, 0.1) is 12.7 Å². The number of hydrogen-bond donors (Lipinski definition) is 1. The number of nitrogens with zero attached hydrogens (tertiary/aromatic N) is 3. The van der Waals surface area contributed by atoms with Gasteiger partial charge in [0.15, 0.2) is 5.69 Å². The molecule has 1 heterocycles. The van der Waals surface area contributed by atoms with Crippen LogP contribution < -0.4 is 4.59 Å². The van der Waals surface area contributed by atoms with Gasteiger partial charge in [-0.05, 0) is 50.4 Å². The fraction of sp³-hybridized carbons (Fsp3) is 0.200. The van der Waals surface area contributed by atoms with Crippen LogP contribution in [-0.2, 0) is 4.74 Å². The van der Waals surface area contributed by atoms with Crippen molar-refractivity contribution in [1.82, 2.24) is 14.6 Å². The third kappa shape index (κ3) is 4.40. The van der Waals surface area contributed by atoms with Crippen molar-refractivity contribution >= 4 is 34.7 Å². The maximum absolute atomic E-state index is 15.6. The van der Waals surface area contributed by atoms with Crippen LogP contribution in [0.2, 0.25) is 0 Å². The number of carbonyl (C=O) groups excluding carboxylic acids is 2. The lowest BCUT2D eigenvalue weighted by Gasteiger charge is -2.47. The fourth-order valence-corrected chi connectivity index (χ4v) is 5.04. The van der Waals surface area contributed by atoms with E-state index in [2.05, 4.69) is 4.98 Å². The standard InChI is InChI=1S/C30H28FN3O5/c1-19-24(25-22(31)17-12-18-23(25)32-26(19)20-13-8-6-9-14-20)27(35)34(30(2,3)4,21-15-10-7-11-16-21)33(28(36)37)29(38)39-5/h6-18H,1-5H3/p+1. The zero-order valence-corrected chi connectivity index (χ0v) is 22.3. The molecule has 0 spiro atoms. The largest absolute Gasteiger partial charge is 0.466 e. The number of methoxy groups -OCH3 is 1. The van der Waals surface area contributed by atoms with E-state index in [0.29, 0.717) is 21.8 Å². The third-order valence-corrected chi connectivity index (χ3v) is 6.69.